The van der Waals surface area contributed by atoms with Gasteiger partial charge in [-0.05, 0) is 24.0 Å². The SMILES string of the molecule is C=C(C(=O)OC)[C@H](CCc1ccccc1)NC(=O)OCc1ccccc1. The summed E-state index contributed by atoms with van der Waals surface area (Å²) in [6, 6.07) is 18.6. The minimum atomic E-state index is -0.600. The predicted molar refractivity (Wildman–Crippen MR) is 99.5 cm³/mol. The number of esters is 1. The number of carbonyl (C=O) groups excluding carboxylic acids is 2. The Morgan fingerprint density at radius 1 is 1.00 bits per heavy atom. The van der Waals surface area contributed by atoms with Crippen molar-refractivity contribution in [2.45, 2.75) is 25.5 Å². The molecule has 26 heavy (non-hydrogen) atoms. The number of alkyl carbamates (subject to hydrolysis) is 1. The topological polar surface area (TPSA) is 64.6 Å². The largest absolute Gasteiger partial charge is 0.466 e. The van der Waals surface area contributed by atoms with Crippen LogP contribution in [-0.4, -0.2) is 25.2 Å². The van der Waals surface area contributed by atoms with Gasteiger partial charge in [0.25, 0.3) is 0 Å². The average Bonchev–Trinajstić information content (AvgIpc) is 2.70. The fourth-order valence-corrected chi connectivity index (χ4v) is 2.47. The maximum Gasteiger partial charge on any atom is 0.407 e. The van der Waals surface area contributed by atoms with Crippen LogP contribution in [0.25, 0.3) is 0 Å². The summed E-state index contributed by atoms with van der Waals surface area (Å²) in [5, 5.41) is 2.71. The lowest BCUT2D eigenvalue weighted by Crippen LogP contribution is -2.39. The molecule has 1 amide bonds. The Bertz CT molecular complexity index is 728. The summed E-state index contributed by atoms with van der Waals surface area (Å²) in [5.41, 5.74) is 2.19. The highest BCUT2D eigenvalue weighted by Gasteiger charge is 2.22. The van der Waals surface area contributed by atoms with Crippen LogP contribution in [0.2, 0.25) is 0 Å². The van der Waals surface area contributed by atoms with Crippen LogP contribution in [0.15, 0.2) is 72.8 Å². The fourth-order valence-electron chi connectivity index (χ4n) is 2.47. The number of ether oxygens (including phenoxy) is 2. The van der Waals surface area contributed by atoms with Crippen molar-refractivity contribution in [1.82, 2.24) is 5.32 Å². The molecule has 1 atom stereocenters. The molecule has 0 bridgehead atoms. The van der Waals surface area contributed by atoms with Gasteiger partial charge in [0.05, 0.1) is 18.7 Å². The summed E-state index contributed by atoms with van der Waals surface area (Å²) in [6.07, 6.45) is 0.593. The molecule has 0 aliphatic heterocycles. The van der Waals surface area contributed by atoms with E-state index in [0.29, 0.717) is 12.8 Å². The summed E-state index contributed by atoms with van der Waals surface area (Å²) < 4.78 is 9.96. The van der Waals surface area contributed by atoms with Crippen LogP contribution < -0.4 is 5.32 Å². The summed E-state index contributed by atoms with van der Waals surface area (Å²) in [7, 11) is 1.29. The zero-order valence-corrected chi connectivity index (χ0v) is 14.8. The number of methoxy groups -OCH3 is 1. The van der Waals surface area contributed by atoms with Gasteiger partial charge in [-0.2, -0.15) is 0 Å². The van der Waals surface area contributed by atoms with Gasteiger partial charge in [-0.1, -0.05) is 67.2 Å². The first-order valence-electron chi connectivity index (χ1n) is 8.38. The molecule has 5 heteroatoms. The lowest BCUT2D eigenvalue weighted by Gasteiger charge is -2.19. The van der Waals surface area contributed by atoms with Crippen molar-refractivity contribution in [2.75, 3.05) is 7.11 Å². The minimum Gasteiger partial charge on any atom is -0.466 e. The first kappa shape index (κ1) is 19.2. The van der Waals surface area contributed by atoms with Crippen molar-refractivity contribution in [2.24, 2.45) is 0 Å². The van der Waals surface area contributed by atoms with Gasteiger partial charge in [0, 0.05) is 0 Å². The molecular formula is C21H23NO4. The van der Waals surface area contributed by atoms with Gasteiger partial charge in [-0.3, -0.25) is 0 Å². The second kappa shape index (κ2) is 10.0. The molecule has 0 heterocycles. The van der Waals surface area contributed by atoms with Gasteiger partial charge in [0.2, 0.25) is 0 Å². The molecule has 0 aliphatic rings. The number of amides is 1. The van der Waals surface area contributed by atoms with Crippen LogP contribution in [-0.2, 0) is 27.3 Å². The second-order valence-electron chi connectivity index (χ2n) is 5.80. The van der Waals surface area contributed by atoms with Gasteiger partial charge >= 0.3 is 12.1 Å². The van der Waals surface area contributed by atoms with Crippen molar-refractivity contribution in [1.29, 1.82) is 0 Å². The summed E-state index contributed by atoms with van der Waals surface area (Å²) in [5.74, 6) is -0.550. The Morgan fingerprint density at radius 3 is 2.15 bits per heavy atom. The van der Waals surface area contributed by atoms with E-state index in [2.05, 4.69) is 11.9 Å². The van der Waals surface area contributed by atoms with E-state index in [1.54, 1.807) is 0 Å². The number of carbonyl (C=O) groups is 2. The van der Waals surface area contributed by atoms with E-state index in [1.807, 2.05) is 60.7 Å². The van der Waals surface area contributed by atoms with Crippen molar-refractivity contribution < 1.29 is 19.1 Å². The molecule has 0 fully saturated rings. The lowest BCUT2D eigenvalue weighted by atomic mass is 10.00. The number of hydrogen-bond donors (Lipinski definition) is 1. The van der Waals surface area contributed by atoms with E-state index < -0.39 is 18.1 Å². The maximum atomic E-state index is 12.1. The molecule has 0 unspecified atom stereocenters. The molecule has 2 aromatic carbocycles. The third-order valence-corrected chi connectivity index (χ3v) is 3.94. The van der Waals surface area contributed by atoms with Crippen molar-refractivity contribution >= 4 is 12.1 Å². The quantitative estimate of drug-likeness (QED) is 0.581. The fraction of sp³-hybridized carbons (Fsp3) is 0.238. The normalized spacial score (nSPS) is 11.3. The van der Waals surface area contributed by atoms with E-state index in [-0.39, 0.29) is 12.2 Å². The van der Waals surface area contributed by atoms with Crippen LogP contribution in [0.3, 0.4) is 0 Å². The molecule has 2 rings (SSSR count). The van der Waals surface area contributed by atoms with Crippen LogP contribution in [0.4, 0.5) is 4.79 Å². The highest BCUT2D eigenvalue weighted by atomic mass is 16.5. The minimum absolute atomic E-state index is 0.156. The van der Waals surface area contributed by atoms with Crippen LogP contribution >= 0.6 is 0 Å². The van der Waals surface area contributed by atoms with Crippen LogP contribution in [0, 0.1) is 0 Å². The van der Waals surface area contributed by atoms with E-state index in [0.717, 1.165) is 11.1 Å². The Morgan fingerprint density at radius 2 is 1.58 bits per heavy atom. The predicted octanol–water partition coefficient (Wildman–Crippen LogP) is 3.64. The molecule has 0 saturated carbocycles. The van der Waals surface area contributed by atoms with Crippen molar-refractivity contribution in [3.8, 4) is 0 Å². The smallest absolute Gasteiger partial charge is 0.407 e. The Kier molecular flexibility index (Phi) is 7.43. The van der Waals surface area contributed by atoms with Gasteiger partial charge in [0.1, 0.15) is 6.61 Å². The molecular weight excluding hydrogens is 330 g/mol. The first-order chi connectivity index (χ1) is 12.6. The molecule has 0 aromatic heterocycles. The first-order valence-corrected chi connectivity index (χ1v) is 8.38. The van der Waals surface area contributed by atoms with Gasteiger partial charge < -0.3 is 14.8 Å². The highest BCUT2D eigenvalue weighted by molar-refractivity contribution is 5.89. The number of aryl methyl sites for hydroxylation is 1. The molecule has 136 valence electrons. The summed E-state index contributed by atoms with van der Waals surface area (Å²) in [4.78, 5) is 23.9. The maximum absolute atomic E-state index is 12.1. The monoisotopic (exact) mass is 353 g/mol. The van der Waals surface area contributed by atoms with Crippen molar-refractivity contribution in [3.63, 3.8) is 0 Å². The number of benzene rings is 2. The average molecular weight is 353 g/mol. The van der Waals surface area contributed by atoms with E-state index in [1.165, 1.54) is 7.11 Å². The third kappa shape index (κ3) is 6.09. The third-order valence-electron chi connectivity index (χ3n) is 3.94. The highest BCUT2D eigenvalue weighted by Crippen LogP contribution is 2.12. The Hall–Kier alpha value is -3.08. The Labute approximate surface area is 153 Å². The zero-order valence-electron chi connectivity index (χ0n) is 14.8. The summed E-state index contributed by atoms with van der Waals surface area (Å²) in [6.45, 7) is 3.92. The van der Waals surface area contributed by atoms with Crippen LogP contribution in [0.5, 0.6) is 0 Å². The van der Waals surface area contributed by atoms with Crippen molar-refractivity contribution in [3.05, 3.63) is 83.9 Å². The van der Waals surface area contributed by atoms with Gasteiger partial charge in [-0.25, -0.2) is 9.59 Å². The molecule has 1 N–H and O–H groups in total. The molecule has 5 nitrogen and oxygen atoms in total. The molecule has 0 aliphatic carbocycles. The Balaban J connectivity index is 1.94. The molecule has 0 saturated heterocycles. The van der Waals surface area contributed by atoms with Crippen LogP contribution in [0.1, 0.15) is 17.5 Å². The van der Waals surface area contributed by atoms with Gasteiger partial charge in [0.15, 0.2) is 0 Å². The second-order valence-corrected chi connectivity index (χ2v) is 5.80. The number of nitrogens with one attached hydrogen (secondary N) is 1. The summed E-state index contributed by atoms with van der Waals surface area (Å²) >= 11 is 0. The molecule has 0 spiro atoms. The lowest BCUT2D eigenvalue weighted by molar-refractivity contribution is -0.136. The van der Waals surface area contributed by atoms with E-state index >= 15 is 0 Å². The number of rotatable bonds is 8. The number of hydrogen-bond acceptors (Lipinski definition) is 4. The van der Waals surface area contributed by atoms with E-state index in [4.69, 9.17) is 9.47 Å². The van der Waals surface area contributed by atoms with Gasteiger partial charge in [-0.15, -0.1) is 0 Å². The van der Waals surface area contributed by atoms with E-state index in [9.17, 15) is 9.59 Å². The molecule has 0 radical (unpaired) electrons. The zero-order chi connectivity index (χ0) is 18.8. The molecule has 2 aromatic rings. The standard InChI is InChI=1S/C21H23NO4/c1-16(20(23)25-2)19(14-13-17-9-5-3-6-10-17)22-21(24)26-15-18-11-7-4-8-12-18/h3-12,19H,1,13-15H2,2H3,(H,22,24)/t19-/m0/s1.